The lowest BCUT2D eigenvalue weighted by atomic mass is 9.78. The number of piperazine rings is 1. The van der Waals surface area contributed by atoms with Crippen LogP contribution in [0, 0.1) is 11.3 Å². The van der Waals surface area contributed by atoms with Gasteiger partial charge in [-0.05, 0) is 33.7 Å². The minimum absolute atomic E-state index is 0.0231. The molecule has 0 bridgehead atoms. The summed E-state index contributed by atoms with van der Waals surface area (Å²) in [5, 5.41) is 8.73. The van der Waals surface area contributed by atoms with Gasteiger partial charge in [0.15, 0.2) is 0 Å². The van der Waals surface area contributed by atoms with E-state index in [1.165, 1.54) is 0 Å². The number of hydrogen-bond donors (Lipinski definition) is 0. The van der Waals surface area contributed by atoms with E-state index in [0.29, 0.717) is 6.42 Å². The van der Waals surface area contributed by atoms with E-state index in [1.807, 2.05) is 0 Å². The number of rotatable bonds is 2. The quantitative estimate of drug-likeness (QED) is 0.745. The SMILES string of the molecule is CN1CCN(CCC#N)C[C@@]12CCOC(C)(C)C2. The van der Waals surface area contributed by atoms with Crippen LogP contribution in [0.15, 0.2) is 0 Å². The molecule has 2 fully saturated rings. The first-order chi connectivity index (χ1) is 8.47. The maximum Gasteiger partial charge on any atom is 0.0644 e. The Morgan fingerprint density at radius 3 is 2.78 bits per heavy atom. The highest BCUT2D eigenvalue weighted by Gasteiger charge is 2.46. The van der Waals surface area contributed by atoms with Crippen LogP contribution in [0.2, 0.25) is 0 Å². The monoisotopic (exact) mass is 251 g/mol. The van der Waals surface area contributed by atoms with Crippen LogP contribution in [0.3, 0.4) is 0 Å². The predicted molar refractivity (Wildman–Crippen MR) is 71.3 cm³/mol. The Kier molecular flexibility index (Phi) is 3.96. The van der Waals surface area contributed by atoms with Gasteiger partial charge in [0.05, 0.1) is 11.7 Å². The second-order valence-electron chi connectivity index (χ2n) is 6.37. The van der Waals surface area contributed by atoms with Gasteiger partial charge in [0, 0.05) is 44.7 Å². The molecule has 2 saturated heterocycles. The number of nitriles is 1. The predicted octanol–water partition coefficient (Wildman–Crippen LogP) is 1.48. The molecule has 1 spiro atoms. The Morgan fingerprint density at radius 2 is 2.11 bits per heavy atom. The van der Waals surface area contributed by atoms with Crippen LogP contribution in [0.4, 0.5) is 0 Å². The summed E-state index contributed by atoms with van der Waals surface area (Å²) in [5.74, 6) is 0. The van der Waals surface area contributed by atoms with Crippen molar-refractivity contribution in [1.82, 2.24) is 9.80 Å². The Bertz CT molecular complexity index is 336. The van der Waals surface area contributed by atoms with Crippen LogP contribution in [-0.2, 0) is 4.74 Å². The minimum Gasteiger partial charge on any atom is -0.375 e. The Hall–Kier alpha value is -0.630. The standard InChI is InChI=1S/C14H25N3O/c1-13(2)11-14(5-10-18-13)12-17(7-4-6-15)9-8-16(14)3/h4-5,7-12H2,1-3H3/t14-/m0/s1. The van der Waals surface area contributed by atoms with Crippen LogP contribution < -0.4 is 0 Å². The fourth-order valence-electron chi connectivity index (χ4n) is 3.45. The summed E-state index contributed by atoms with van der Waals surface area (Å²) in [6.07, 6.45) is 2.83. The highest BCUT2D eigenvalue weighted by molar-refractivity contribution is 5.02. The zero-order valence-electron chi connectivity index (χ0n) is 11.9. The summed E-state index contributed by atoms with van der Waals surface area (Å²) in [7, 11) is 2.24. The molecule has 102 valence electrons. The Labute approximate surface area is 110 Å². The molecule has 0 N–H and O–H groups in total. The van der Waals surface area contributed by atoms with Gasteiger partial charge in [-0.2, -0.15) is 5.26 Å². The fourth-order valence-corrected chi connectivity index (χ4v) is 3.45. The highest BCUT2D eigenvalue weighted by Crippen LogP contribution is 2.38. The summed E-state index contributed by atoms with van der Waals surface area (Å²) in [6, 6.07) is 2.25. The first-order valence-electron chi connectivity index (χ1n) is 6.92. The lowest BCUT2D eigenvalue weighted by Gasteiger charge is -2.54. The molecule has 1 atom stereocenters. The van der Waals surface area contributed by atoms with E-state index in [2.05, 4.69) is 36.8 Å². The fraction of sp³-hybridized carbons (Fsp3) is 0.929. The van der Waals surface area contributed by atoms with E-state index in [4.69, 9.17) is 10.00 Å². The third-order valence-corrected chi connectivity index (χ3v) is 4.43. The summed E-state index contributed by atoms with van der Waals surface area (Å²) < 4.78 is 5.86. The van der Waals surface area contributed by atoms with Gasteiger partial charge in [-0.25, -0.2) is 0 Å². The van der Waals surface area contributed by atoms with E-state index in [0.717, 1.165) is 45.6 Å². The summed E-state index contributed by atoms with van der Waals surface area (Å²) in [5.41, 5.74) is 0.222. The molecule has 0 aromatic heterocycles. The van der Waals surface area contributed by atoms with Crippen molar-refractivity contribution in [3.8, 4) is 6.07 Å². The van der Waals surface area contributed by atoms with E-state index >= 15 is 0 Å². The van der Waals surface area contributed by atoms with Crippen molar-refractivity contribution < 1.29 is 4.74 Å². The zero-order chi connectivity index (χ0) is 13.2. The normalized spacial score (nSPS) is 33.4. The largest absolute Gasteiger partial charge is 0.375 e. The summed E-state index contributed by atoms with van der Waals surface area (Å²) in [4.78, 5) is 4.96. The van der Waals surface area contributed by atoms with Gasteiger partial charge in [0.25, 0.3) is 0 Å². The van der Waals surface area contributed by atoms with Crippen molar-refractivity contribution in [2.24, 2.45) is 0 Å². The van der Waals surface area contributed by atoms with Crippen LogP contribution in [0.25, 0.3) is 0 Å². The number of ether oxygens (including phenoxy) is 1. The molecule has 2 aliphatic rings. The Balaban J connectivity index is 2.06. The van der Waals surface area contributed by atoms with Gasteiger partial charge < -0.3 is 4.74 Å². The maximum atomic E-state index is 8.73. The van der Waals surface area contributed by atoms with Crippen LogP contribution in [0.1, 0.15) is 33.1 Å². The third kappa shape index (κ3) is 2.85. The molecule has 0 aromatic carbocycles. The van der Waals surface area contributed by atoms with E-state index < -0.39 is 0 Å². The molecular weight excluding hydrogens is 226 g/mol. The molecule has 0 saturated carbocycles. The van der Waals surface area contributed by atoms with Gasteiger partial charge in [0.1, 0.15) is 0 Å². The van der Waals surface area contributed by atoms with Gasteiger partial charge in [-0.1, -0.05) is 0 Å². The van der Waals surface area contributed by atoms with E-state index in [9.17, 15) is 0 Å². The molecule has 2 aliphatic heterocycles. The molecule has 4 heteroatoms. The number of likely N-dealkylation sites (N-methyl/N-ethyl adjacent to an activating group) is 1. The topological polar surface area (TPSA) is 39.5 Å². The molecule has 0 aromatic rings. The molecule has 4 nitrogen and oxygen atoms in total. The van der Waals surface area contributed by atoms with Crippen molar-refractivity contribution in [2.45, 2.75) is 44.2 Å². The molecule has 2 rings (SSSR count). The summed E-state index contributed by atoms with van der Waals surface area (Å²) >= 11 is 0. The average molecular weight is 251 g/mol. The second kappa shape index (κ2) is 5.16. The van der Waals surface area contributed by atoms with Gasteiger partial charge >= 0.3 is 0 Å². The zero-order valence-corrected chi connectivity index (χ0v) is 11.9. The Morgan fingerprint density at radius 1 is 1.33 bits per heavy atom. The van der Waals surface area contributed by atoms with Crippen LogP contribution in [-0.4, -0.2) is 60.8 Å². The number of hydrogen-bond acceptors (Lipinski definition) is 4. The van der Waals surface area contributed by atoms with Gasteiger partial charge in [0.2, 0.25) is 0 Å². The van der Waals surface area contributed by atoms with Crippen molar-refractivity contribution >= 4 is 0 Å². The van der Waals surface area contributed by atoms with Crippen molar-refractivity contribution in [3.63, 3.8) is 0 Å². The van der Waals surface area contributed by atoms with Crippen molar-refractivity contribution in [2.75, 3.05) is 39.8 Å². The lowest BCUT2D eigenvalue weighted by molar-refractivity contribution is -0.135. The first kappa shape index (κ1) is 13.8. The highest BCUT2D eigenvalue weighted by atomic mass is 16.5. The van der Waals surface area contributed by atoms with Gasteiger partial charge in [-0.3, -0.25) is 9.80 Å². The average Bonchev–Trinajstić information content (AvgIpc) is 2.30. The van der Waals surface area contributed by atoms with Crippen LogP contribution >= 0.6 is 0 Å². The van der Waals surface area contributed by atoms with E-state index in [-0.39, 0.29) is 11.1 Å². The van der Waals surface area contributed by atoms with E-state index in [1.54, 1.807) is 0 Å². The molecule has 0 aliphatic carbocycles. The first-order valence-corrected chi connectivity index (χ1v) is 6.92. The third-order valence-electron chi connectivity index (χ3n) is 4.43. The van der Waals surface area contributed by atoms with Crippen molar-refractivity contribution in [3.05, 3.63) is 0 Å². The van der Waals surface area contributed by atoms with Gasteiger partial charge in [-0.15, -0.1) is 0 Å². The molecule has 0 radical (unpaired) electrons. The van der Waals surface area contributed by atoms with Crippen LogP contribution in [0.5, 0.6) is 0 Å². The molecule has 2 heterocycles. The molecule has 0 amide bonds. The molecular formula is C14H25N3O. The minimum atomic E-state index is -0.0231. The lowest BCUT2D eigenvalue weighted by Crippen LogP contribution is -2.65. The smallest absolute Gasteiger partial charge is 0.0644 e. The molecule has 0 unspecified atom stereocenters. The second-order valence-corrected chi connectivity index (χ2v) is 6.37. The van der Waals surface area contributed by atoms with Crippen molar-refractivity contribution in [1.29, 1.82) is 5.26 Å². The summed E-state index contributed by atoms with van der Waals surface area (Å²) in [6.45, 7) is 9.41. The maximum absolute atomic E-state index is 8.73. The molecule has 18 heavy (non-hydrogen) atoms. The number of nitrogens with zero attached hydrogens (tertiary/aromatic N) is 3.